The second-order valence-electron chi connectivity index (χ2n) is 3.82. The van der Waals surface area contributed by atoms with Gasteiger partial charge in [-0.1, -0.05) is 0 Å². The van der Waals surface area contributed by atoms with Crippen molar-refractivity contribution in [2.24, 2.45) is 5.92 Å². The number of fused-ring (bicyclic) bond motifs is 1. The molecule has 0 saturated carbocycles. The third-order valence-electron chi connectivity index (χ3n) is 2.71. The molecule has 0 unspecified atom stereocenters. The second kappa shape index (κ2) is 3.81. The summed E-state index contributed by atoms with van der Waals surface area (Å²) < 4.78 is 37.8. The molecule has 1 aromatic rings. The van der Waals surface area contributed by atoms with Gasteiger partial charge in [0.1, 0.15) is 0 Å². The number of H-pyrrole nitrogens is 1. The summed E-state index contributed by atoms with van der Waals surface area (Å²) in [6, 6.07) is 0. The van der Waals surface area contributed by atoms with Crippen molar-refractivity contribution in [1.82, 2.24) is 9.97 Å². The smallest absolute Gasteiger partial charge is 0.388 e. The molecule has 1 aromatic heterocycles. The molecule has 2 rings (SSSR count). The summed E-state index contributed by atoms with van der Waals surface area (Å²) >= 11 is 4.74. The molecule has 0 amide bonds. The highest BCUT2D eigenvalue weighted by Gasteiger charge is 2.43. The van der Waals surface area contributed by atoms with Crippen LogP contribution < -0.4 is 0 Å². The summed E-state index contributed by atoms with van der Waals surface area (Å²) in [4.78, 5) is 6.35. The lowest BCUT2D eigenvalue weighted by Crippen LogP contribution is -2.31. The first kappa shape index (κ1) is 11.5. The predicted octanol–water partition coefficient (Wildman–Crippen LogP) is 2.30. The summed E-state index contributed by atoms with van der Waals surface area (Å²) in [7, 11) is 0. The third kappa shape index (κ3) is 2.10. The number of halogens is 3. The number of nitrogens with one attached hydrogen (secondary N) is 1. The van der Waals surface area contributed by atoms with E-state index < -0.39 is 18.2 Å². The highest BCUT2D eigenvalue weighted by Crippen LogP contribution is 2.40. The fraction of sp³-hybridized carbons (Fsp3) is 0.556. The number of hydrogen-bond acceptors (Lipinski definition) is 3. The monoisotopic (exact) mass is 250 g/mol. The van der Waals surface area contributed by atoms with E-state index in [2.05, 4.69) is 9.97 Å². The van der Waals surface area contributed by atoms with Gasteiger partial charge < -0.3 is 10.1 Å². The van der Waals surface area contributed by atoms with Gasteiger partial charge >= 0.3 is 6.18 Å². The van der Waals surface area contributed by atoms with Crippen LogP contribution in [0.15, 0.2) is 6.20 Å². The van der Waals surface area contributed by atoms with Crippen molar-refractivity contribution in [3.05, 3.63) is 22.2 Å². The first-order chi connectivity index (χ1) is 7.38. The number of alkyl halides is 3. The topological polar surface area (TPSA) is 48.9 Å². The van der Waals surface area contributed by atoms with Crippen LogP contribution in [0.25, 0.3) is 0 Å². The lowest BCUT2D eigenvalue weighted by atomic mass is 9.85. The van der Waals surface area contributed by atoms with E-state index in [9.17, 15) is 18.3 Å². The van der Waals surface area contributed by atoms with E-state index in [-0.39, 0.29) is 17.6 Å². The zero-order valence-electron chi connectivity index (χ0n) is 8.08. The van der Waals surface area contributed by atoms with Crippen LogP contribution in [0.3, 0.4) is 0 Å². The van der Waals surface area contributed by atoms with Crippen LogP contribution in [0.2, 0.25) is 0 Å². The van der Waals surface area contributed by atoms with Crippen molar-refractivity contribution < 1.29 is 18.3 Å². The average molecular weight is 250 g/mol. The minimum atomic E-state index is -4.29. The van der Waals surface area contributed by atoms with Crippen molar-refractivity contribution in [2.45, 2.75) is 25.1 Å². The molecule has 3 nitrogen and oxygen atoms in total. The fourth-order valence-corrected chi connectivity index (χ4v) is 2.05. The lowest BCUT2D eigenvalue weighted by Gasteiger charge is -2.29. The molecule has 0 fully saturated rings. The van der Waals surface area contributed by atoms with E-state index >= 15 is 0 Å². The van der Waals surface area contributed by atoms with Crippen LogP contribution >= 0.6 is 12.2 Å². The molecular weight excluding hydrogens is 241 g/mol. The van der Waals surface area contributed by atoms with Gasteiger partial charge in [0, 0.05) is 17.5 Å². The van der Waals surface area contributed by atoms with Gasteiger partial charge in [-0.25, -0.2) is 4.98 Å². The van der Waals surface area contributed by atoms with Gasteiger partial charge in [-0.3, -0.25) is 0 Å². The van der Waals surface area contributed by atoms with Gasteiger partial charge in [0.05, 0.1) is 12.0 Å². The first-order valence-electron chi connectivity index (χ1n) is 4.71. The molecular formula is C9H9F3N2OS. The molecule has 1 aliphatic carbocycles. The number of aliphatic hydroxyl groups is 1. The number of hydrogen-bond donors (Lipinski definition) is 2. The Morgan fingerprint density at radius 3 is 2.81 bits per heavy atom. The Bertz CT molecular complexity index is 457. The molecule has 0 spiro atoms. The molecule has 0 aromatic carbocycles. The van der Waals surface area contributed by atoms with Crippen LogP contribution in [-0.4, -0.2) is 21.3 Å². The molecule has 16 heavy (non-hydrogen) atoms. The highest BCUT2D eigenvalue weighted by atomic mass is 32.1. The van der Waals surface area contributed by atoms with E-state index in [1.54, 1.807) is 0 Å². The predicted molar refractivity (Wildman–Crippen MR) is 52.2 cm³/mol. The Labute approximate surface area is 94.3 Å². The van der Waals surface area contributed by atoms with Gasteiger partial charge in [-0.05, 0) is 25.1 Å². The van der Waals surface area contributed by atoms with Crippen LogP contribution in [-0.2, 0) is 6.42 Å². The van der Waals surface area contributed by atoms with Crippen LogP contribution in [0.5, 0.6) is 0 Å². The molecule has 0 saturated heterocycles. The molecule has 2 atom stereocenters. The lowest BCUT2D eigenvalue weighted by molar-refractivity contribution is -0.184. The second-order valence-corrected chi connectivity index (χ2v) is 4.20. The Balaban J connectivity index is 2.38. The van der Waals surface area contributed by atoms with Gasteiger partial charge in [-0.2, -0.15) is 13.2 Å². The number of rotatable bonds is 0. The summed E-state index contributed by atoms with van der Waals surface area (Å²) in [5.74, 6) is -1.52. The summed E-state index contributed by atoms with van der Waals surface area (Å²) in [5.41, 5.74) is 0.746. The van der Waals surface area contributed by atoms with Gasteiger partial charge in [0.15, 0.2) is 4.77 Å². The first-order valence-corrected chi connectivity index (χ1v) is 5.11. The maximum Gasteiger partial charge on any atom is 0.392 e. The van der Waals surface area contributed by atoms with Crippen LogP contribution in [0.1, 0.15) is 23.8 Å². The van der Waals surface area contributed by atoms with Gasteiger partial charge in [-0.15, -0.1) is 0 Å². The van der Waals surface area contributed by atoms with Gasteiger partial charge in [0.25, 0.3) is 0 Å². The molecule has 1 heterocycles. The van der Waals surface area contributed by atoms with Crippen molar-refractivity contribution in [2.75, 3.05) is 0 Å². The molecule has 2 N–H and O–H groups in total. The summed E-state index contributed by atoms with van der Waals surface area (Å²) in [6.45, 7) is 0. The number of aliphatic hydroxyl groups excluding tert-OH is 1. The van der Waals surface area contributed by atoms with Crippen molar-refractivity contribution in [1.29, 1.82) is 0 Å². The zero-order valence-corrected chi connectivity index (χ0v) is 8.90. The Morgan fingerprint density at radius 1 is 1.50 bits per heavy atom. The Kier molecular flexibility index (Phi) is 2.75. The SMILES string of the molecule is O[C@@H]1C[C@H](C(F)(F)F)Cc2[nH]c(=S)ncc21. The number of nitrogens with zero attached hydrogens (tertiary/aromatic N) is 1. The Hall–Kier alpha value is -0.950. The van der Waals surface area contributed by atoms with Crippen molar-refractivity contribution in [3.8, 4) is 0 Å². The molecule has 0 radical (unpaired) electrons. The van der Waals surface area contributed by atoms with Crippen LogP contribution in [0.4, 0.5) is 13.2 Å². The van der Waals surface area contributed by atoms with E-state index in [0.717, 1.165) is 0 Å². The molecule has 0 aliphatic heterocycles. The van der Waals surface area contributed by atoms with E-state index in [1.807, 2.05) is 0 Å². The van der Waals surface area contributed by atoms with E-state index in [0.29, 0.717) is 11.3 Å². The summed E-state index contributed by atoms with van der Waals surface area (Å²) in [6.07, 6.45) is -4.58. The molecule has 0 bridgehead atoms. The van der Waals surface area contributed by atoms with E-state index in [1.165, 1.54) is 6.20 Å². The number of aromatic nitrogens is 2. The molecule has 7 heteroatoms. The van der Waals surface area contributed by atoms with Crippen molar-refractivity contribution >= 4 is 12.2 Å². The fourth-order valence-electron chi connectivity index (χ4n) is 1.87. The quantitative estimate of drug-likeness (QED) is 0.694. The maximum atomic E-state index is 12.5. The molecule has 88 valence electrons. The number of aromatic amines is 1. The summed E-state index contributed by atoms with van der Waals surface area (Å²) in [5, 5.41) is 9.59. The standard InChI is InChI=1S/C9H9F3N2OS/c10-9(11,12)4-1-6-5(7(15)2-4)3-13-8(16)14-6/h3-4,7,15H,1-2H2,(H,13,14,16)/t4-,7-/m1/s1. The van der Waals surface area contributed by atoms with E-state index in [4.69, 9.17) is 12.2 Å². The normalized spacial score (nSPS) is 25.2. The van der Waals surface area contributed by atoms with Crippen molar-refractivity contribution in [3.63, 3.8) is 0 Å². The van der Waals surface area contributed by atoms with Gasteiger partial charge in [0.2, 0.25) is 0 Å². The maximum absolute atomic E-state index is 12.5. The average Bonchev–Trinajstić information content (AvgIpc) is 2.15. The largest absolute Gasteiger partial charge is 0.392 e. The minimum Gasteiger partial charge on any atom is -0.388 e. The van der Waals surface area contributed by atoms with Crippen LogP contribution in [0, 0.1) is 10.7 Å². The highest BCUT2D eigenvalue weighted by molar-refractivity contribution is 7.71. The zero-order chi connectivity index (χ0) is 11.9. The Morgan fingerprint density at radius 2 is 2.19 bits per heavy atom. The molecule has 1 aliphatic rings. The third-order valence-corrected chi connectivity index (χ3v) is 2.91. The minimum absolute atomic E-state index is 0.133.